The minimum absolute atomic E-state index is 0.00448. The molecule has 0 amide bonds. The van der Waals surface area contributed by atoms with Crippen LogP contribution in [0.4, 0.5) is 0 Å². The van der Waals surface area contributed by atoms with Crippen molar-refractivity contribution >= 4 is 5.78 Å². The lowest BCUT2D eigenvalue weighted by molar-refractivity contribution is 0.0921. The van der Waals surface area contributed by atoms with Gasteiger partial charge in [0, 0.05) is 22.6 Å². The maximum absolute atomic E-state index is 12.6. The summed E-state index contributed by atoms with van der Waals surface area (Å²) in [6.07, 6.45) is 0. The number of rotatable bonds is 6. The van der Waals surface area contributed by atoms with Gasteiger partial charge in [-0.1, -0.05) is 17.7 Å². The average Bonchev–Trinajstić information content (AvgIpc) is 2.95. The topological polar surface area (TPSA) is 40.5 Å². The van der Waals surface area contributed by atoms with Crippen LogP contribution in [0.15, 0.2) is 54.6 Å². The van der Waals surface area contributed by atoms with Crippen molar-refractivity contribution in [3.05, 3.63) is 77.1 Å². The Bertz CT molecular complexity index is 906. The SMILES string of the molecule is COc1ccc(OCC(=O)c2cc(C)n(-c3ccc(C)cc3)c2C)cc1. The molecule has 0 unspecified atom stereocenters. The van der Waals surface area contributed by atoms with Crippen LogP contribution >= 0.6 is 0 Å². The molecular formula is C22H23NO3. The van der Waals surface area contributed by atoms with E-state index in [1.807, 2.05) is 32.0 Å². The molecule has 3 aromatic rings. The van der Waals surface area contributed by atoms with Gasteiger partial charge in [0.25, 0.3) is 0 Å². The van der Waals surface area contributed by atoms with Gasteiger partial charge in [-0.05, 0) is 63.2 Å². The van der Waals surface area contributed by atoms with E-state index < -0.39 is 0 Å². The van der Waals surface area contributed by atoms with Gasteiger partial charge in [0.15, 0.2) is 6.61 Å². The molecule has 0 aliphatic heterocycles. The van der Waals surface area contributed by atoms with Crippen LogP contribution in [-0.4, -0.2) is 24.1 Å². The second kappa shape index (κ2) is 7.48. The third-order valence-corrected chi connectivity index (χ3v) is 4.45. The van der Waals surface area contributed by atoms with Crippen molar-refractivity contribution in [2.75, 3.05) is 13.7 Å². The number of hydrogen-bond donors (Lipinski definition) is 0. The molecule has 4 nitrogen and oxygen atoms in total. The van der Waals surface area contributed by atoms with E-state index in [2.05, 4.69) is 35.8 Å². The van der Waals surface area contributed by atoms with E-state index >= 15 is 0 Å². The first-order valence-corrected chi connectivity index (χ1v) is 8.55. The molecule has 4 heteroatoms. The van der Waals surface area contributed by atoms with E-state index in [9.17, 15) is 4.79 Å². The Morgan fingerprint density at radius 1 is 0.923 bits per heavy atom. The van der Waals surface area contributed by atoms with Gasteiger partial charge in [0.05, 0.1) is 7.11 Å². The van der Waals surface area contributed by atoms with Crippen LogP contribution in [0.5, 0.6) is 11.5 Å². The number of methoxy groups -OCH3 is 1. The highest BCUT2D eigenvalue weighted by Crippen LogP contribution is 2.22. The highest BCUT2D eigenvalue weighted by molar-refractivity contribution is 5.98. The number of carbonyl (C=O) groups is 1. The van der Waals surface area contributed by atoms with Crippen LogP contribution in [0, 0.1) is 20.8 Å². The number of Topliss-reactive ketones (excluding diaryl/α,β-unsaturated/α-hetero) is 1. The van der Waals surface area contributed by atoms with Gasteiger partial charge in [-0.15, -0.1) is 0 Å². The number of ether oxygens (including phenoxy) is 2. The molecular weight excluding hydrogens is 326 g/mol. The van der Waals surface area contributed by atoms with Gasteiger partial charge in [0.2, 0.25) is 5.78 Å². The van der Waals surface area contributed by atoms with Crippen LogP contribution in [0.3, 0.4) is 0 Å². The number of nitrogens with zero attached hydrogens (tertiary/aromatic N) is 1. The van der Waals surface area contributed by atoms with Crippen molar-refractivity contribution in [1.82, 2.24) is 4.57 Å². The van der Waals surface area contributed by atoms with E-state index in [1.54, 1.807) is 19.2 Å². The fourth-order valence-electron chi connectivity index (χ4n) is 3.03. The zero-order valence-corrected chi connectivity index (χ0v) is 15.6. The van der Waals surface area contributed by atoms with Gasteiger partial charge < -0.3 is 14.0 Å². The minimum Gasteiger partial charge on any atom is -0.497 e. The summed E-state index contributed by atoms with van der Waals surface area (Å²) in [6, 6.07) is 17.4. The molecule has 26 heavy (non-hydrogen) atoms. The number of aryl methyl sites for hydroxylation is 2. The largest absolute Gasteiger partial charge is 0.497 e. The van der Waals surface area contributed by atoms with Gasteiger partial charge in [0.1, 0.15) is 11.5 Å². The van der Waals surface area contributed by atoms with Crippen LogP contribution in [0.2, 0.25) is 0 Å². The zero-order chi connectivity index (χ0) is 18.7. The average molecular weight is 349 g/mol. The molecule has 134 valence electrons. The monoisotopic (exact) mass is 349 g/mol. The fourth-order valence-corrected chi connectivity index (χ4v) is 3.03. The van der Waals surface area contributed by atoms with Gasteiger partial charge in [-0.2, -0.15) is 0 Å². The summed E-state index contributed by atoms with van der Waals surface area (Å²) in [5.41, 5.74) is 4.91. The summed E-state index contributed by atoms with van der Waals surface area (Å²) in [5.74, 6) is 1.36. The van der Waals surface area contributed by atoms with E-state index in [4.69, 9.17) is 9.47 Å². The Hall–Kier alpha value is -3.01. The lowest BCUT2D eigenvalue weighted by Crippen LogP contribution is -2.12. The van der Waals surface area contributed by atoms with Gasteiger partial charge >= 0.3 is 0 Å². The summed E-state index contributed by atoms with van der Waals surface area (Å²) in [4.78, 5) is 12.6. The number of carbonyl (C=O) groups excluding carboxylic acids is 1. The van der Waals surface area contributed by atoms with Crippen molar-refractivity contribution in [2.45, 2.75) is 20.8 Å². The summed E-state index contributed by atoms with van der Waals surface area (Å²) >= 11 is 0. The Morgan fingerprint density at radius 2 is 1.54 bits per heavy atom. The standard InChI is InChI=1S/C22H23NO3/c1-15-5-7-18(8-6-15)23-16(2)13-21(17(23)3)22(24)14-26-20-11-9-19(25-4)10-12-20/h5-13H,14H2,1-4H3. The number of aromatic nitrogens is 1. The molecule has 3 rings (SSSR count). The number of benzene rings is 2. The normalized spacial score (nSPS) is 10.6. The second-order valence-electron chi connectivity index (χ2n) is 6.34. The highest BCUT2D eigenvalue weighted by Gasteiger charge is 2.17. The molecule has 0 radical (unpaired) electrons. The van der Waals surface area contributed by atoms with Crippen molar-refractivity contribution in [1.29, 1.82) is 0 Å². The Morgan fingerprint density at radius 3 is 2.15 bits per heavy atom. The van der Waals surface area contributed by atoms with Gasteiger partial charge in [-0.3, -0.25) is 4.79 Å². The highest BCUT2D eigenvalue weighted by atomic mass is 16.5. The summed E-state index contributed by atoms with van der Waals surface area (Å²) in [6.45, 7) is 6.04. The predicted molar refractivity (Wildman–Crippen MR) is 103 cm³/mol. The third kappa shape index (κ3) is 3.64. The van der Waals surface area contributed by atoms with E-state index in [0.29, 0.717) is 11.3 Å². The van der Waals surface area contributed by atoms with Crippen molar-refractivity contribution in [2.24, 2.45) is 0 Å². The number of hydrogen-bond acceptors (Lipinski definition) is 3. The summed E-state index contributed by atoms with van der Waals surface area (Å²) in [5, 5.41) is 0. The molecule has 2 aromatic carbocycles. The Balaban J connectivity index is 1.77. The molecule has 0 bridgehead atoms. The molecule has 1 heterocycles. The fraction of sp³-hybridized carbons (Fsp3) is 0.227. The molecule has 0 N–H and O–H groups in total. The molecule has 0 atom stereocenters. The minimum atomic E-state index is -0.0349. The first-order chi connectivity index (χ1) is 12.5. The Kier molecular flexibility index (Phi) is 5.12. The van der Waals surface area contributed by atoms with E-state index in [1.165, 1.54) is 5.56 Å². The maximum Gasteiger partial charge on any atom is 0.202 e. The van der Waals surface area contributed by atoms with E-state index in [-0.39, 0.29) is 12.4 Å². The third-order valence-electron chi connectivity index (χ3n) is 4.45. The second-order valence-corrected chi connectivity index (χ2v) is 6.34. The molecule has 1 aromatic heterocycles. The molecule has 0 saturated heterocycles. The molecule has 0 saturated carbocycles. The van der Waals surface area contributed by atoms with E-state index in [0.717, 1.165) is 22.8 Å². The smallest absolute Gasteiger partial charge is 0.202 e. The number of ketones is 1. The lowest BCUT2D eigenvalue weighted by Gasteiger charge is -2.10. The van der Waals surface area contributed by atoms with Crippen LogP contribution in [0.1, 0.15) is 27.3 Å². The molecule has 0 aliphatic rings. The summed E-state index contributed by atoms with van der Waals surface area (Å²) < 4.78 is 12.9. The summed E-state index contributed by atoms with van der Waals surface area (Å²) in [7, 11) is 1.61. The van der Waals surface area contributed by atoms with Crippen molar-refractivity contribution in [3.8, 4) is 17.2 Å². The Labute approximate surface area is 154 Å². The quantitative estimate of drug-likeness (QED) is 0.607. The first-order valence-electron chi connectivity index (χ1n) is 8.55. The maximum atomic E-state index is 12.6. The van der Waals surface area contributed by atoms with Crippen molar-refractivity contribution < 1.29 is 14.3 Å². The molecule has 0 spiro atoms. The molecule has 0 fully saturated rings. The van der Waals surface area contributed by atoms with Crippen LogP contribution in [-0.2, 0) is 0 Å². The van der Waals surface area contributed by atoms with Crippen LogP contribution in [0.25, 0.3) is 5.69 Å². The van der Waals surface area contributed by atoms with Crippen molar-refractivity contribution in [3.63, 3.8) is 0 Å². The van der Waals surface area contributed by atoms with Crippen LogP contribution < -0.4 is 9.47 Å². The predicted octanol–water partition coefficient (Wildman–Crippen LogP) is 4.67. The van der Waals surface area contributed by atoms with Gasteiger partial charge in [-0.25, -0.2) is 0 Å². The zero-order valence-electron chi connectivity index (χ0n) is 15.6. The molecule has 0 aliphatic carbocycles. The first kappa shape index (κ1) is 17.8. The lowest BCUT2D eigenvalue weighted by atomic mass is 10.1.